The molecule has 3 aromatic heterocycles. The van der Waals surface area contributed by atoms with E-state index in [-0.39, 0.29) is 11.8 Å². The van der Waals surface area contributed by atoms with E-state index in [1.54, 1.807) is 22.2 Å². The maximum atomic E-state index is 12.4. The zero-order valence-corrected chi connectivity index (χ0v) is 16.7. The number of nitrogens with one attached hydrogen (secondary N) is 1. The van der Waals surface area contributed by atoms with Crippen LogP contribution < -0.4 is 5.32 Å². The molecule has 134 valence electrons. The second kappa shape index (κ2) is 6.24. The molecule has 27 heavy (non-hydrogen) atoms. The van der Waals surface area contributed by atoms with Crippen molar-refractivity contribution in [3.05, 3.63) is 64.0 Å². The summed E-state index contributed by atoms with van der Waals surface area (Å²) < 4.78 is 3.82. The lowest BCUT2D eigenvalue weighted by Crippen LogP contribution is -2.25. The first-order chi connectivity index (χ1) is 13.1. The number of aryl methyl sites for hydroxylation is 1. The third-order valence-corrected chi connectivity index (χ3v) is 6.20. The highest BCUT2D eigenvalue weighted by Crippen LogP contribution is 2.40. The lowest BCUT2D eigenvalue weighted by atomic mass is 9.87. The lowest BCUT2D eigenvalue weighted by molar-refractivity contribution is -0.116. The Morgan fingerprint density at radius 3 is 3.04 bits per heavy atom. The molecule has 1 amide bonds. The fourth-order valence-corrected chi connectivity index (χ4v) is 5.01. The molecule has 0 fully saturated rings. The minimum Gasteiger partial charge on any atom is -0.310 e. The second-order valence-electron chi connectivity index (χ2n) is 6.46. The highest BCUT2D eigenvalue weighted by Gasteiger charge is 2.33. The number of hydrogen-bond donors (Lipinski definition) is 1. The highest BCUT2D eigenvalue weighted by molar-refractivity contribution is 9.10. The quantitative estimate of drug-likeness (QED) is 0.501. The number of hydrogen-bond acceptors (Lipinski definition) is 5. The summed E-state index contributed by atoms with van der Waals surface area (Å²) in [5.41, 5.74) is 3.85. The van der Waals surface area contributed by atoms with Crippen LogP contribution in [0.4, 0.5) is 5.82 Å². The molecule has 0 radical (unpaired) electrons. The van der Waals surface area contributed by atoms with Crippen LogP contribution in [0.1, 0.15) is 29.2 Å². The molecule has 0 aliphatic carbocycles. The Labute approximate surface area is 167 Å². The SMILES string of the molecule is Cc1nn(-c2nc3ccc(Br)cc3s2)c2c1C(c1cccnc1)CC(=O)N2. The van der Waals surface area contributed by atoms with Crippen molar-refractivity contribution in [2.45, 2.75) is 19.3 Å². The van der Waals surface area contributed by atoms with Crippen LogP contribution in [0.2, 0.25) is 0 Å². The number of thiazole rings is 1. The number of nitrogens with zero attached hydrogens (tertiary/aromatic N) is 4. The molecule has 1 atom stereocenters. The number of amides is 1. The van der Waals surface area contributed by atoms with E-state index in [1.807, 2.05) is 43.5 Å². The van der Waals surface area contributed by atoms with E-state index in [4.69, 9.17) is 10.1 Å². The van der Waals surface area contributed by atoms with Gasteiger partial charge >= 0.3 is 0 Å². The Bertz CT molecular complexity index is 1180. The summed E-state index contributed by atoms with van der Waals surface area (Å²) in [4.78, 5) is 21.3. The van der Waals surface area contributed by atoms with Gasteiger partial charge in [-0.1, -0.05) is 33.3 Å². The van der Waals surface area contributed by atoms with E-state index in [2.05, 4.69) is 26.2 Å². The average molecular weight is 440 g/mol. The van der Waals surface area contributed by atoms with Crippen LogP contribution in [-0.2, 0) is 4.79 Å². The fraction of sp³-hybridized carbons (Fsp3) is 0.158. The summed E-state index contributed by atoms with van der Waals surface area (Å²) in [7, 11) is 0. The van der Waals surface area contributed by atoms with Gasteiger partial charge in [-0.3, -0.25) is 9.78 Å². The topological polar surface area (TPSA) is 72.7 Å². The van der Waals surface area contributed by atoms with Crippen molar-refractivity contribution in [3.63, 3.8) is 0 Å². The Kier molecular flexibility index (Phi) is 3.84. The molecular weight excluding hydrogens is 426 g/mol. The van der Waals surface area contributed by atoms with Gasteiger partial charge < -0.3 is 5.32 Å². The molecule has 0 spiro atoms. The van der Waals surface area contributed by atoms with E-state index < -0.39 is 0 Å². The summed E-state index contributed by atoms with van der Waals surface area (Å²) >= 11 is 5.04. The molecular formula is C19H14BrN5OS. The smallest absolute Gasteiger partial charge is 0.226 e. The molecule has 4 aromatic rings. The van der Waals surface area contributed by atoms with Crippen LogP contribution in [-0.4, -0.2) is 25.7 Å². The van der Waals surface area contributed by atoms with E-state index in [9.17, 15) is 4.79 Å². The van der Waals surface area contributed by atoms with Crippen LogP contribution >= 0.6 is 27.3 Å². The Hall–Kier alpha value is -2.58. The van der Waals surface area contributed by atoms with Gasteiger partial charge in [0.1, 0.15) is 5.82 Å². The maximum Gasteiger partial charge on any atom is 0.226 e. The van der Waals surface area contributed by atoms with Gasteiger partial charge in [-0.15, -0.1) is 0 Å². The first-order valence-electron chi connectivity index (χ1n) is 8.46. The zero-order valence-electron chi connectivity index (χ0n) is 14.3. The zero-order chi connectivity index (χ0) is 18.5. The molecule has 4 heterocycles. The minimum absolute atomic E-state index is 0.0265. The molecule has 1 aromatic carbocycles. The van der Waals surface area contributed by atoms with E-state index >= 15 is 0 Å². The Morgan fingerprint density at radius 1 is 1.33 bits per heavy atom. The summed E-state index contributed by atoms with van der Waals surface area (Å²) in [6.07, 6.45) is 3.94. The first kappa shape index (κ1) is 16.6. The van der Waals surface area contributed by atoms with Crippen LogP contribution in [0.5, 0.6) is 0 Å². The van der Waals surface area contributed by atoms with Crippen molar-refractivity contribution in [3.8, 4) is 5.13 Å². The van der Waals surface area contributed by atoms with Crippen LogP contribution in [0.25, 0.3) is 15.3 Å². The number of benzene rings is 1. The number of pyridine rings is 1. The van der Waals surface area contributed by atoms with E-state index in [0.29, 0.717) is 12.2 Å². The summed E-state index contributed by atoms with van der Waals surface area (Å²) in [6.45, 7) is 1.97. The molecule has 1 aliphatic rings. The van der Waals surface area contributed by atoms with Gasteiger partial charge in [-0.05, 0) is 36.8 Å². The van der Waals surface area contributed by atoms with Crippen LogP contribution in [0.3, 0.4) is 0 Å². The van der Waals surface area contributed by atoms with Gasteiger partial charge in [0.2, 0.25) is 11.0 Å². The van der Waals surface area contributed by atoms with Crippen molar-refractivity contribution < 1.29 is 4.79 Å². The summed E-state index contributed by atoms with van der Waals surface area (Å²) in [5.74, 6) is 0.622. The molecule has 1 aliphatic heterocycles. The van der Waals surface area contributed by atoms with E-state index in [0.717, 1.165) is 36.6 Å². The van der Waals surface area contributed by atoms with Gasteiger partial charge in [-0.25, -0.2) is 4.98 Å². The Balaban J connectivity index is 1.68. The van der Waals surface area contributed by atoms with Crippen LogP contribution in [0.15, 0.2) is 47.2 Å². The van der Waals surface area contributed by atoms with Gasteiger partial charge in [-0.2, -0.15) is 9.78 Å². The van der Waals surface area contributed by atoms with Crippen molar-refractivity contribution >= 4 is 49.2 Å². The number of carbonyl (C=O) groups excluding carboxylic acids is 1. The molecule has 6 nitrogen and oxygen atoms in total. The number of carbonyl (C=O) groups is 1. The average Bonchev–Trinajstić information content (AvgIpc) is 3.22. The molecule has 5 rings (SSSR count). The normalized spacial score (nSPS) is 16.4. The van der Waals surface area contributed by atoms with Crippen molar-refractivity contribution in [2.24, 2.45) is 0 Å². The molecule has 8 heteroatoms. The van der Waals surface area contributed by atoms with E-state index in [1.165, 1.54) is 0 Å². The van der Waals surface area contributed by atoms with Gasteiger partial charge in [0.05, 0.1) is 15.9 Å². The monoisotopic (exact) mass is 439 g/mol. The fourth-order valence-electron chi connectivity index (χ4n) is 3.53. The predicted octanol–water partition coefficient (Wildman–Crippen LogP) is 4.42. The third kappa shape index (κ3) is 2.76. The number of fused-ring (bicyclic) bond motifs is 2. The van der Waals surface area contributed by atoms with Crippen molar-refractivity contribution in [1.82, 2.24) is 19.7 Å². The first-order valence-corrected chi connectivity index (χ1v) is 10.1. The second-order valence-corrected chi connectivity index (χ2v) is 8.38. The number of halogens is 1. The summed E-state index contributed by atoms with van der Waals surface area (Å²) in [5, 5.41) is 8.45. The van der Waals surface area contributed by atoms with Crippen molar-refractivity contribution in [2.75, 3.05) is 5.32 Å². The standard InChI is InChI=1S/C19H14BrN5OS/c1-10-17-13(11-3-2-6-21-9-11)8-16(26)23-18(17)25(24-10)19-22-14-5-4-12(20)7-15(14)27-19/h2-7,9,13H,8H2,1H3,(H,23,26). The lowest BCUT2D eigenvalue weighted by Gasteiger charge is -2.23. The predicted molar refractivity (Wildman–Crippen MR) is 109 cm³/mol. The largest absolute Gasteiger partial charge is 0.310 e. The summed E-state index contributed by atoms with van der Waals surface area (Å²) in [6, 6.07) is 9.88. The number of rotatable bonds is 2. The van der Waals surface area contributed by atoms with Gasteiger partial charge in [0.25, 0.3) is 0 Å². The molecule has 0 saturated carbocycles. The molecule has 0 saturated heterocycles. The number of aromatic nitrogens is 4. The third-order valence-electron chi connectivity index (χ3n) is 4.71. The Morgan fingerprint density at radius 2 is 2.22 bits per heavy atom. The maximum absolute atomic E-state index is 12.4. The van der Waals surface area contributed by atoms with Crippen LogP contribution in [0, 0.1) is 6.92 Å². The molecule has 1 N–H and O–H groups in total. The highest BCUT2D eigenvalue weighted by atomic mass is 79.9. The number of anilines is 1. The van der Waals surface area contributed by atoms with Crippen molar-refractivity contribution in [1.29, 1.82) is 0 Å². The van der Waals surface area contributed by atoms with Gasteiger partial charge in [0.15, 0.2) is 0 Å². The minimum atomic E-state index is -0.0558. The molecule has 0 bridgehead atoms. The molecule has 1 unspecified atom stereocenters. The van der Waals surface area contributed by atoms with Gasteiger partial charge in [0, 0.05) is 34.8 Å².